The second kappa shape index (κ2) is 11.4. The predicted octanol–water partition coefficient (Wildman–Crippen LogP) is 11.6. The number of benzene rings is 5. The number of rotatable bonds is 6. The molecule has 10 rings (SSSR count). The maximum atomic E-state index is 6.37. The van der Waals surface area contributed by atoms with Crippen LogP contribution >= 0.6 is 0 Å². The van der Waals surface area contributed by atoms with Crippen LogP contribution in [0.3, 0.4) is 0 Å². The molecule has 0 N–H and O–H groups in total. The lowest BCUT2D eigenvalue weighted by Gasteiger charge is -2.09. The molecular formula is C44H31N5O2. The molecule has 0 fully saturated rings. The molecular weight excluding hydrogens is 631 g/mol. The van der Waals surface area contributed by atoms with Crippen LogP contribution in [0.2, 0.25) is 0 Å². The highest BCUT2D eigenvalue weighted by molar-refractivity contribution is 6.07. The van der Waals surface area contributed by atoms with Gasteiger partial charge in [0, 0.05) is 22.0 Å². The van der Waals surface area contributed by atoms with E-state index in [1.54, 1.807) is 0 Å². The van der Waals surface area contributed by atoms with Crippen molar-refractivity contribution in [3.05, 3.63) is 145 Å². The summed E-state index contributed by atoms with van der Waals surface area (Å²) in [6, 6.07) is 41.6. The number of fused-ring (bicyclic) bond motifs is 10. The molecule has 7 nitrogen and oxygen atoms in total. The topological polar surface area (TPSA) is 74.3 Å². The van der Waals surface area contributed by atoms with E-state index in [4.69, 9.17) is 23.8 Å². The van der Waals surface area contributed by atoms with Gasteiger partial charge in [-0.1, -0.05) is 91.9 Å². The second-order valence-corrected chi connectivity index (χ2v) is 12.7. The fourth-order valence-corrected chi connectivity index (χ4v) is 7.25. The van der Waals surface area contributed by atoms with Gasteiger partial charge >= 0.3 is 0 Å². The number of hydrogen-bond donors (Lipinski definition) is 0. The first-order chi connectivity index (χ1) is 25.2. The standard InChI is InChI=1S/C44H31N5O2/c1-3-5-14-27(4-2)38-41-39(32-19-9-11-21-36(32)50-41)46-42(45-38)30-16-13-15-28(25-30)29-23-24-34-35(26-29)48(31-17-7-6-8-18-31)44-47-43-40(49(34)44)33-20-10-12-22-37(33)51-43/h4-26H,3H2,1-2H3/b14-5-,27-4+. The molecule has 0 aliphatic heterocycles. The summed E-state index contributed by atoms with van der Waals surface area (Å²) in [5.41, 5.74) is 12.7. The zero-order valence-corrected chi connectivity index (χ0v) is 28.0. The molecule has 5 aromatic heterocycles. The molecule has 7 heteroatoms. The van der Waals surface area contributed by atoms with Gasteiger partial charge in [-0.15, -0.1) is 0 Å². The Labute approximate surface area is 292 Å². The van der Waals surface area contributed by atoms with Gasteiger partial charge in [0.25, 0.3) is 0 Å². The molecule has 0 amide bonds. The third kappa shape index (κ3) is 4.48. The van der Waals surface area contributed by atoms with Crippen molar-refractivity contribution in [1.29, 1.82) is 0 Å². The predicted molar refractivity (Wildman–Crippen MR) is 206 cm³/mol. The summed E-state index contributed by atoms with van der Waals surface area (Å²) in [7, 11) is 0. The third-order valence-electron chi connectivity index (χ3n) is 9.64. The quantitative estimate of drug-likeness (QED) is 0.166. The Morgan fingerprint density at radius 2 is 1.43 bits per heavy atom. The second-order valence-electron chi connectivity index (χ2n) is 12.7. The van der Waals surface area contributed by atoms with Gasteiger partial charge in [-0.3, -0.25) is 8.97 Å². The number of hydrogen-bond acceptors (Lipinski definition) is 5. The maximum Gasteiger partial charge on any atom is 0.248 e. The minimum atomic E-state index is 0.627. The minimum Gasteiger partial charge on any atom is -0.452 e. The number of aromatic nitrogens is 5. The molecule has 0 atom stereocenters. The van der Waals surface area contributed by atoms with Crippen molar-refractivity contribution in [3.8, 4) is 28.2 Å². The molecule has 0 radical (unpaired) electrons. The first-order valence-corrected chi connectivity index (χ1v) is 17.2. The number of imidazole rings is 2. The van der Waals surface area contributed by atoms with Gasteiger partial charge in [0.05, 0.1) is 11.0 Å². The lowest BCUT2D eigenvalue weighted by Crippen LogP contribution is -1.96. The van der Waals surface area contributed by atoms with Crippen molar-refractivity contribution in [2.24, 2.45) is 0 Å². The highest BCUT2D eigenvalue weighted by Crippen LogP contribution is 2.38. The fraction of sp³-hybridized carbons (Fsp3) is 0.0682. The van der Waals surface area contributed by atoms with E-state index in [9.17, 15) is 0 Å². The smallest absolute Gasteiger partial charge is 0.248 e. The van der Waals surface area contributed by atoms with Crippen LogP contribution in [0.15, 0.2) is 148 Å². The van der Waals surface area contributed by atoms with Gasteiger partial charge in [-0.2, -0.15) is 4.98 Å². The summed E-state index contributed by atoms with van der Waals surface area (Å²) in [5, 5.41) is 2.01. The van der Waals surface area contributed by atoms with Crippen LogP contribution in [0, 0.1) is 0 Å². The molecule has 51 heavy (non-hydrogen) atoms. The highest BCUT2D eigenvalue weighted by atomic mass is 16.3. The zero-order valence-electron chi connectivity index (χ0n) is 28.0. The van der Waals surface area contributed by atoms with E-state index in [1.165, 1.54) is 0 Å². The lowest BCUT2D eigenvalue weighted by atomic mass is 10.0. The van der Waals surface area contributed by atoms with Crippen molar-refractivity contribution < 1.29 is 8.83 Å². The molecule has 0 saturated heterocycles. The fourth-order valence-electron chi connectivity index (χ4n) is 7.25. The molecule has 0 bridgehead atoms. The van der Waals surface area contributed by atoms with Crippen molar-refractivity contribution in [2.75, 3.05) is 0 Å². The van der Waals surface area contributed by atoms with Gasteiger partial charge < -0.3 is 8.83 Å². The van der Waals surface area contributed by atoms with Gasteiger partial charge in [0.2, 0.25) is 11.5 Å². The van der Waals surface area contributed by atoms with Crippen LogP contribution in [0.1, 0.15) is 26.0 Å². The molecule has 5 aromatic carbocycles. The molecule has 0 spiro atoms. The summed E-state index contributed by atoms with van der Waals surface area (Å²) in [4.78, 5) is 15.3. The monoisotopic (exact) mass is 661 g/mol. The van der Waals surface area contributed by atoms with Gasteiger partial charge in [0.15, 0.2) is 11.4 Å². The highest BCUT2D eigenvalue weighted by Gasteiger charge is 2.23. The first kappa shape index (κ1) is 29.2. The zero-order chi connectivity index (χ0) is 34.1. The Bertz CT molecular complexity index is 3030. The summed E-state index contributed by atoms with van der Waals surface area (Å²) in [5.74, 6) is 1.46. The van der Waals surface area contributed by atoms with Crippen LogP contribution < -0.4 is 0 Å². The van der Waals surface area contributed by atoms with E-state index < -0.39 is 0 Å². The molecule has 0 aliphatic carbocycles. The SMILES string of the molecule is C/C=C(\C=C/CC)c1nc(-c2cccc(-c3ccc4c(c3)n(-c3ccccc3)c3nc5oc6ccccc6c5n43)c2)nc2c1oc1ccccc12. The van der Waals surface area contributed by atoms with Crippen LogP contribution in [0.5, 0.6) is 0 Å². The Morgan fingerprint density at radius 3 is 2.25 bits per heavy atom. The molecule has 0 aliphatic rings. The van der Waals surface area contributed by atoms with Crippen LogP contribution in [0.25, 0.3) is 94.9 Å². The van der Waals surface area contributed by atoms with E-state index in [-0.39, 0.29) is 0 Å². The molecule has 0 unspecified atom stereocenters. The average molecular weight is 662 g/mol. The van der Waals surface area contributed by atoms with Crippen molar-refractivity contribution in [3.63, 3.8) is 0 Å². The van der Waals surface area contributed by atoms with E-state index >= 15 is 0 Å². The van der Waals surface area contributed by atoms with Gasteiger partial charge in [-0.25, -0.2) is 9.97 Å². The first-order valence-electron chi connectivity index (χ1n) is 17.2. The summed E-state index contributed by atoms with van der Waals surface area (Å²) >= 11 is 0. The maximum absolute atomic E-state index is 6.37. The number of furan rings is 2. The van der Waals surface area contributed by atoms with Gasteiger partial charge in [-0.05, 0) is 84.6 Å². The molecule has 10 aromatic rings. The third-order valence-corrected chi connectivity index (χ3v) is 9.64. The summed E-state index contributed by atoms with van der Waals surface area (Å²) < 4.78 is 17.0. The largest absolute Gasteiger partial charge is 0.452 e. The normalized spacial score (nSPS) is 12.6. The Morgan fingerprint density at radius 1 is 0.686 bits per heavy atom. The van der Waals surface area contributed by atoms with Crippen molar-refractivity contribution in [1.82, 2.24) is 23.9 Å². The van der Waals surface area contributed by atoms with E-state index in [2.05, 4.69) is 113 Å². The Kier molecular flexibility index (Phi) is 6.54. The van der Waals surface area contributed by atoms with Crippen LogP contribution in [-0.2, 0) is 0 Å². The average Bonchev–Trinajstić information content (AvgIpc) is 3.92. The Balaban J connectivity index is 1.17. The van der Waals surface area contributed by atoms with E-state index in [0.29, 0.717) is 17.1 Å². The van der Waals surface area contributed by atoms with Crippen LogP contribution in [-0.4, -0.2) is 23.9 Å². The van der Waals surface area contributed by atoms with Crippen molar-refractivity contribution >= 4 is 66.7 Å². The molecule has 0 saturated carbocycles. The number of allylic oxidation sites excluding steroid dienone is 4. The van der Waals surface area contributed by atoms with Gasteiger partial charge in [0.1, 0.15) is 27.9 Å². The minimum absolute atomic E-state index is 0.627. The number of nitrogens with zero attached hydrogens (tertiary/aromatic N) is 5. The molecule has 5 heterocycles. The lowest BCUT2D eigenvalue weighted by molar-refractivity contribution is 0.656. The van der Waals surface area contributed by atoms with Crippen molar-refractivity contribution in [2.45, 2.75) is 20.3 Å². The van der Waals surface area contributed by atoms with Crippen LogP contribution in [0.4, 0.5) is 0 Å². The van der Waals surface area contributed by atoms with E-state index in [0.717, 1.165) is 89.8 Å². The summed E-state index contributed by atoms with van der Waals surface area (Å²) in [6.07, 6.45) is 7.26. The summed E-state index contributed by atoms with van der Waals surface area (Å²) in [6.45, 7) is 4.16. The Hall–Kier alpha value is -6.73. The number of para-hydroxylation sites is 3. The van der Waals surface area contributed by atoms with E-state index in [1.807, 2.05) is 49.4 Å². The molecule has 244 valence electrons.